The molecule has 0 spiro atoms. The van der Waals surface area contributed by atoms with Gasteiger partial charge in [-0.15, -0.1) is 0 Å². The van der Waals surface area contributed by atoms with Gasteiger partial charge in [0.05, 0.1) is 18.9 Å². The van der Waals surface area contributed by atoms with Gasteiger partial charge >= 0.3 is 5.97 Å². The number of hydrogen-bond donors (Lipinski definition) is 1. The van der Waals surface area contributed by atoms with Crippen LogP contribution in [0.15, 0.2) is 18.6 Å². The van der Waals surface area contributed by atoms with Crippen LogP contribution in [-0.2, 0) is 4.74 Å². The van der Waals surface area contributed by atoms with Gasteiger partial charge < -0.3 is 10.1 Å². The lowest BCUT2D eigenvalue weighted by Gasteiger charge is -2.07. The Labute approximate surface area is 116 Å². The largest absolute Gasteiger partial charge is 0.465 e. The zero-order chi connectivity index (χ0) is 14.1. The highest BCUT2D eigenvalue weighted by atomic mass is 16.5. The van der Waals surface area contributed by atoms with Gasteiger partial charge in [0.1, 0.15) is 0 Å². The maximum atomic E-state index is 11.4. The maximum absolute atomic E-state index is 11.4. The number of aryl methyl sites for hydroxylation is 1. The van der Waals surface area contributed by atoms with Crippen molar-refractivity contribution in [1.29, 1.82) is 0 Å². The van der Waals surface area contributed by atoms with E-state index in [9.17, 15) is 4.79 Å². The molecule has 0 aliphatic heterocycles. The van der Waals surface area contributed by atoms with Gasteiger partial charge in [0.2, 0.25) is 5.95 Å². The quantitative estimate of drug-likeness (QED) is 0.846. The van der Waals surface area contributed by atoms with Gasteiger partial charge in [-0.2, -0.15) is 10.1 Å². The Morgan fingerprint density at radius 2 is 2.25 bits per heavy atom. The fraction of sp³-hybridized carbons (Fsp3) is 0.385. The van der Waals surface area contributed by atoms with Crippen molar-refractivity contribution in [3.8, 4) is 5.82 Å². The Morgan fingerprint density at radius 3 is 2.95 bits per heavy atom. The van der Waals surface area contributed by atoms with Crippen LogP contribution in [0.25, 0.3) is 5.82 Å². The molecule has 0 radical (unpaired) electrons. The van der Waals surface area contributed by atoms with Gasteiger partial charge in [-0.1, -0.05) is 0 Å². The molecule has 1 aliphatic rings. The van der Waals surface area contributed by atoms with Gasteiger partial charge in [0.15, 0.2) is 5.82 Å². The smallest absolute Gasteiger partial charge is 0.341 e. The summed E-state index contributed by atoms with van der Waals surface area (Å²) in [5.74, 6) is 0.820. The third kappa shape index (κ3) is 2.47. The molecule has 2 heterocycles. The molecule has 2 aromatic rings. The highest BCUT2D eigenvalue weighted by Gasteiger charge is 2.22. The highest BCUT2D eigenvalue weighted by Crippen LogP contribution is 2.23. The summed E-state index contributed by atoms with van der Waals surface area (Å²) in [6.45, 7) is 1.90. The van der Waals surface area contributed by atoms with E-state index in [1.165, 1.54) is 13.3 Å². The van der Waals surface area contributed by atoms with Gasteiger partial charge in [-0.3, -0.25) is 0 Å². The Morgan fingerprint density at radius 1 is 1.45 bits per heavy atom. The predicted octanol–water partition coefficient (Wildman–Crippen LogP) is 1.33. The number of nitrogens with one attached hydrogen (secondary N) is 1. The molecule has 1 fully saturated rings. The third-order valence-electron chi connectivity index (χ3n) is 3.08. The number of hydrogen-bond acceptors (Lipinski definition) is 6. The highest BCUT2D eigenvalue weighted by molar-refractivity contribution is 5.88. The average molecular weight is 273 g/mol. The number of esters is 1. The second-order valence-corrected chi connectivity index (χ2v) is 4.78. The second-order valence-electron chi connectivity index (χ2n) is 4.78. The normalized spacial score (nSPS) is 14.1. The van der Waals surface area contributed by atoms with Crippen molar-refractivity contribution >= 4 is 11.9 Å². The molecule has 1 aliphatic carbocycles. The molecule has 0 aromatic carbocycles. The average Bonchev–Trinajstić information content (AvgIpc) is 3.13. The minimum atomic E-state index is -0.417. The van der Waals surface area contributed by atoms with Gasteiger partial charge in [-0.05, 0) is 19.8 Å². The van der Waals surface area contributed by atoms with Gasteiger partial charge in [0, 0.05) is 24.0 Å². The summed E-state index contributed by atoms with van der Waals surface area (Å²) in [4.78, 5) is 20.1. The molecule has 20 heavy (non-hydrogen) atoms. The standard InChI is InChI=1S/C13H15N5O2/c1-8-5-14-13(16-10-3-4-10)17-11(8)18-7-9(6-15-18)12(19)20-2/h5-7,10H,3-4H2,1-2H3,(H,14,16,17). The molecule has 0 saturated heterocycles. The van der Waals surface area contributed by atoms with Crippen molar-refractivity contribution < 1.29 is 9.53 Å². The number of nitrogens with zero attached hydrogens (tertiary/aromatic N) is 4. The number of rotatable bonds is 4. The van der Waals surface area contributed by atoms with E-state index in [1.54, 1.807) is 17.1 Å². The molecular formula is C13H15N5O2. The van der Waals surface area contributed by atoms with Crippen LogP contribution in [0.5, 0.6) is 0 Å². The van der Waals surface area contributed by atoms with Crippen molar-refractivity contribution in [3.05, 3.63) is 29.7 Å². The Bertz CT molecular complexity index is 648. The second kappa shape index (κ2) is 4.92. The molecule has 7 nitrogen and oxygen atoms in total. The number of anilines is 1. The zero-order valence-electron chi connectivity index (χ0n) is 11.3. The molecule has 2 aromatic heterocycles. The molecule has 0 atom stereocenters. The fourth-order valence-electron chi connectivity index (χ4n) is 1.81. The summed E-state index contributed by atoms with van der Waals surface area (Å²) in [6.07, 6.45) is 7.11. The van der Waals surface area contributed by atoms with E-state index >= 15 is 0 Å². The fourth-order valence-corrected chi connectivity index (χ4v) is 1.81. The van der Waals surface area contributed by atoms with Crippen molar-refractivity contribution in [2.24, 2.45) is 0 Å². The van der Waals surface area contributed by atoms with E-state index in [-0.39, 0.29) is 0 Å². The van der Waals surface area contributed by atoms with E-state index in [0.29, 0.717) is 23.4 Å². The Hall–Kier alpha value is -2.44. The lowest BCUT2D eigenvalue weighted by atomic mass is 10.3. The molecular weight excluding hydrogens is 258 g/mol. The van der Waals surface area contributed by atoms with E-state index < -0.39 is 5.97 Å². The first-order valence-electron chi connectivity index (χ1n) is 6.41. The molecule has 3 rings (SSSR count). The number of ether oxygens (including phenoxy) is 1. The summed E-state index contributed by atoms with van der Waals surface area (Å²) >= 11 is 0. The Kier molecular flexibility index (Phi) is 3.09. The van der Waals surface area contributed by atoms with E-state index in [2.05, 4.69) is 25.1 Å². The number of carbonyl (C=O) groups is 1. The summed E-state index contributed by atoms with van der Waals surface area (Å²) in [7, 11) is 1.34. The summed E-state index contributed by atoms with van der Waals surface area (Å²) in [5, 5.41) is 7.39. The predicted molar refractivity (Wildman–Crippen MR) is 71.9 cm³/mol. The Balaban J connectivity index is 1.91. The van der Waals surface area contributed by atoms with Crippen molar-refractivity contribution in [3.63, 3.8) is 0 Å². The SMILES string of the molecule is COC(=O)c1cnn(-c2nc(NC3CC3)ncc2C)c1. The van der Waals surface area contributed by atoms with Crippen LogP contribution < -0.4 is 5.32 Å². The van der Waals surface area contributed by atoms with Gasteiger partial charge in [0.25, 0.3) is 0 Å². The summed E-state index contributed by atoms with van der Waals surface area (Å²) in [6, 6.07) is 0.480. The van der Waals surface area contributed by atoms with Gasteiger partial charge in [-0.25, -0.2) is 14.5 Å². The molecule has 0 unspecified atom stereocenters. The zero-order valence-corrected chi connectivity index (χ0v) is 11.3. The van der Waals surface area contributed by atoms with Crippen LogP contribution in [0, 0.1) is 6.92 Å². The van der Waals surface area contributed by atoms with Crippen molar-refractivity contribution in [2.75, 3.05) is 12.4 Å². The monoisotopic (exact) mass is 273 g/mol. The van der Waals surface area contributed by atoms with E-state index in [0.717, 1.165) is 18.4 Å². The molecule has 0 bridgehead atoms. The van der Waals surface area contributed by atoms with Crippen molar-refractivity contribution in [2.45, 2.75) is 25.8 Å². The first kappa shape index (κ1) is 12.6. The molecule has 104 valence electrons. The molecule has 7 heteroatoms. The summed E-state index contributed by atoms with van der Waals surface area (Å²) < 4.78 is 6.22. The molecule has 0 amide bonds. The van der Waals surface area contributed by atoms with Crippen LogP contribution in [0.1, 0.15) is 28.8 Å². The first-order chi connectivity index (χ1) is 9.67. The number of aromatic nitrogens is 4. The van der Waals surface area contributed by atoms with Crippen LogP contribution in [0.2, 0.25) is 0 Å². The molecule has 1 saturated carbocycles. The number of carbonyl (C=O) groups excluding carboxylic acids is 1. The van der Waals surface area contributed by atoms with Crippen LogP contribution in [-0.4, -0.2) is 38.9 Å². The third-order valence-corrected chi connectivity index (χ3v) is 3.08. The minimum absolute atomic E-state index is 0.391. The van der Waals surface area contributed by atoms with Crippen molar-refractivity contribution in [1.82, 2.24) is 19.7 Å². The van der Waals surface area contributed by atoms with Crippen LogP contribution >= 0.6 is 0 Å². The maximum Gasteiger partial charge on any atom is 0.341 e. The van der Waals surface area contributed by atoms with Crippen LogP contribution in [0.4, 0.5) is 5.95 Å². The van der Waals surface area contributed by atoms with E-state index in [1.807, 2.05) is 6.92 Å². The van der Waals surface area contributed by atoms with Crippen LogP contribution in [0.3, 0.4) is 0 Å². The minimum Gasteiger partial charge on any atom is -0.465 e. The summed E-state index contributed by atoms with van der Waals surface area (Å²) in [5.41, 5.74) is 1.27. The first-order valence-corrected chi connectivity index (χ1v) is 6.41. The molecule has 1 N–H and O–H groups in total. The number of methoxy groups -OCH3 is 1. The lowest BCUT2D eigenvalue weighted by Crippen LogP contribution is -2.09. The van der Waals surface area contributed by atoms with E-state index in [4.69, 9.17) is 0 Å². The lowest BCUT2D eigenvalue weighted by molar-refractivity contribution is 0.0600. The topological polar surface area (TPSA) is 81.9 Å².